The van der Waals surface area contributed by atoms with E-state index in [0.717, 1.165) is 35.7 Å². The fraction of sp³-hybridized carbons (Fsp3) is 0.381. The van der Waals surface area contributed by atoms with Crippen molar-refractivity contribution >= 4 is 34.5 Å². The standard InChI is InChI=1S/C21H24ClN5O2/c1-13-16(14(2)27-19(23-13)12-21(29)25-27)11-20(28)24-15-6-7-18(17(22)10-15)26-8-4-3-5-9-26/h6-7,10,12H,3-5,8-9,11H2,1-2H3,(H,24,28)(H,25,29). The molecule has 152 valence electrons. The van der Waals surface area contributed by atoms with Crippen molar-refractivity contribution in [3.63, 3.8) is 0 Å². The molecule has 1 saturated heterocycles. The number of amides is 1. The van der Waals surface area contributed by atoms with E-state index in [-0.39, 0.29) is 17.9 Å². The minimum Gasteiger partial charge on any atom is -0.370 e. The zero-order valence-electron chi connectivity index (χ0n) is 16.6. The van der Waals surface area contributed by atoms with Crippen LogP contribution in [0.3, 0.4) is 0 Å². The Morgan fingerprint density at radius 2 is 1.97 bits per heavy atom. The maximum atomic E-state index is 12.7. The molecule has 29 heavy (non-hydrogen) atoms. The first kappa shape index (κ1) is 19.5. The van der Waals surface area contributed by atoms with Crippen molar-refractivity contribution in [2.75, 3.05) is 23.3 Å². The second-order valence-electron chi connectivity index (χ2n) is 7.51. The highest BCUT2D eigenvalue weighted by atomic mass is 35.5. The Labute approximate surface area is 173 Å². The molecule has 8 heteroatoms. The van der Waals surface area contributed by atoms with E-state index in [1.165, 1.54) is 25.3 Å². The average molecular weight is 414 g/mol. The molecule has 0 saturated carbocycles. The molecule has 3 aromatic rings. The van der Waals surface area contributed by atoms with Crippen LogP contribution in [-0.4, -0.2) is 33.6 Å². The minimum absolute atomic E-state index is 0.159. The Hall–Kier alpha value is -2.80. The Bertz CT molecular complexity index is 1130. The van der Waals surface area contributed by atoms with Gasteiger partial charge in [-0.1, -0.05) is 11.6 Å². The predicted octanol–water partition coefficient (Wildman–Crippen LogP) is 3.46. The van der Waals surface area contributed by atoms with Crippen LogP contribution in [0, 0.1) is 13.8 Å². The molecule has 1 aliphatic heterocycles. The van der Waals surface area contributed by atoms with Crippen LogP contribution < -0.4 is 15.8 Å². The van der Waals surface area contributed by atoms with Gasteiger partial charge in [0.25, 0.3) is 5.56 Å². The summed E-state index contributed by atoms with van der Waals surface area (Å²) in [5.41, 5.74) is 4.33. The number of rotatable bonds is 4. The van der Waals surface area contributed by atoms with E-state index >= 15 is 0 Å². The van der Waals surface area contributed by atoms with E-state index in [4.69, 9.17) is 11.6 Å². The number of H-pyrrole nitrogens is 1. The fourth-order valence-electron chi connectivity index (χ4n) is 3.95. The lowest BCUT2D eigenvalue weighted by Gasteiger charge is -2.29. The molecule has 0 unspecified atom stereocenters. The van der Waals surface area contributed by atoms with Crippen molar-refractivity contribution in [3.05, 3.63) is 56.6 Å². The van der Waals surface area contributed by atoms with Gasteiger partial charge in [-0.3, -0.25) is 14.7 Å². The van der Waals surface area contributed by atoms with Crippen molar-refractivity contribution in [3.8, 4) is 0 Å². The summed E-state index contributed by atoms with van der Waals surface area (Å²) in [6, 6.07) is 7.10. The fourth-order valence-corrected chi connectivity index (χ4v) is 4.25. The molecule has 1 fully saturated rings. The van der Waals surface area contributed by atoms with Gasteiger partial charge < -0.3 is 10.2 Å². The van der Waals surface area contributed by atoms with E-state index < -0.39 is 0 Å². The largest absolute Gasteiger partial charge is 0.370 e. The SMILES string of the molecule is Cc1nc2cc(=O)[nH]n2c(C)c1CC(=O)Nc1ccc(N2CCCCC2)c(Cl)c1. The molecular formula is C21H24ClN5O2. The number of carbonyl (C=O) groups excluding carboxylic acids is 1. The molecule has 0 spiro atoms. The summed E-state index contributed by atoms with van der Waals surface area (Å²) >= 11 is 6.48. The maximum absolute atomic E-state index is 12.7. The van der Waals surface area contributed by atoms with Crippen LogP contribution in [-0.2, 0) is 11.2 Å². The monoisotopic (exact) mass is 413 g/mol. The molecule has 1 aromatic carbocycles. The molecule has 0 bridgehead atoms. The van der Waals surface area contributed by atoms with Crippen molar-refractivity contribution in [1.29, 1.82) is 0 Å². The van der Waals surface area contributed by atoms with Gasteiger partial charge in [0.15, 0.2) is 5.65 Å². The minimum atomic E-state index is -0.218. The van der Waals surface area contributed by atoms with Gasteiger partial charge in [-0.2, -0.15) is 0 Å². The van der Waals surface area contributed by atoms with Crippen LogP contribution in [0.1, 0.15) is 36.2 Å². The average Bonchev–Trinajstić information content (AvgIpc) is 3.06. The van der Waals surface area contributed by atoms with Crippen LogP contribution in [0.4, 0.5) is 11.4 Å². The van der Waals surface area contributed by atoms with E-state index in [0.29, 0.717) is 16.4 Å². The first-order valence-electron chi connectivity index (χ1n) is 9.84. The third-order valence-electron chi connectivity index (χ3n) is 5.47. The number of nitrogens with one attached hydrogen (secondary N) is 2. The van der Waals surface area contributed by atoms with Crippen LogP contribution in [0.2, 0.25) is 5.02 Å². The van der Waals surface area contributed by atoms with E-state index in [9.17, 15) is 9.59 Å². The summed E-state index contributed by atoms with van der Waals surface area (Å²) < 4.78 is 1.61. The van der Waals surface area contributed by atoms with Crippen molar-refractivity contribution in [2.24, 2.45) is 0 Å². The second kappa shape index (κ2) is 7.91. The van der Waals surface area contributed by atoms with Gasteiger partial charge in [-0.25, -0.2) is 9.50 Å². The van der Waals surface area contributed by atoms with E-state index in [1.54, 1.807) is 10.6 Å². The molecule has 4 rings (SSSR count). The molecule has 0 aliphatic carbocycles. The number of anilines is 2. The Morgan fingerprint density at radius 1 is 1.21 bits per heavy atom. The van der Waals surface area contributed by atoms with Gasteiger partial charge in [0.05, 0.1) is 17.1 Å². The Kier molecular flexibility index (Phi) is 5.32. The summed E-state index contributed by atoms with van der Waals surface area (Å²) in [5.74, 6) is -0.159. The third-order valence-corrected chi connectivity index (χ3v) is 5.77. The molecule has 0 atom stereocenters. The van der Waals surface area contributed by atoms with Crippen LogP contribution in [0.15, 0.2) is 29.1 Å². The topological polar surface area (TPSA) is 82.5 Å². The van der Waals surface area contributed by atoms with Gasteiger partial charge in [0.1, 0.15) is 0 Å². The van der Waals surface area contributed by atoms with Crippen LogP contribution >= 0.6 is 11.6 Å². The number of piperidine rings is 1. The maximum Gasteiger partial charge on any atom is 0.266 e. The summed E-state index contributed by atoms with van der Waals surface area (Å²) in [6.07, 6.45) is 3.78. The smallest absolute Gasteiger partial charge is 0.266 e. The molecule has 7 nitrogen and oxygen atoms in total. The van der Waals surface area contributed by atoms with Gasteiger partial charge in [0.2, 0.25) is 5.91 Å². The first-order chi connectivity index (χ1) is 13.9. The number of halogens is 1. The molecule has 1 aliphatic rings. The highest BCUT2D eigenvalue weighted by molar-refractivity contribution is 6.33. The van der Waals surface area contributed by atoms with Gasteiger partial charge in [0, 0.05) is 41.8 Å². The number of hydrogen-bond donors (Lipinski definition) is 2. The number of fused-ring (bicyclic) bond motifs is 1. The number of aryl methyl sites for hydroxylation is 2. The van der Waals surface area contributed by atoms with Crippen molar-refractivity contribution in [1.82, 2.24) is 14.6 Å². The normalized spacial score (nSPS) is 14.4. The van der Waals surface area contributed by atoms with Crippen molar-refractivity contribution in [2.45, 2.75) is 39.5 Å². The number of carbonyl (C=O) groups is 1. The van der Waals surface area contributed by atoms with Gasteiger partial charge in [-0.15, -0.1) is 0 Å². The summed E-state index contributed by atoms with van der Waals surface area (Å²) in [7, 11) is 0. The van der Waals surface area contributed by atoms with Gasteiger partial charge >= 0.3 is 0 Å². The highest BCUT2D eigenvalue weighted by Crippen LogP contribution is 2.31. The summed E-state index contributed by atoms with van der Waals surface area (Å²) in [6.45, 7) is 5.74. The molecule has 0 radical (unpaired) electrons. The highest BCUT2D eigenvalue weighted by Gasteiger charge is 2.16. The first-order valence-corrected chi connectivity index (χ1v) is 10.2. The van der Waals surface area contributed by atoms with Crippen LogP contribution in [0.25, 0.3) is 5.65 Å². The molecule has 1 amide bonds. The number of aromatic nitrogens is 3. The summed E-state index contributed by atoms with van der Waals surface area (Å²) in [4.78, 5) is 31.0. The van der Waals surface area contributed by atoms with Gasteiger partial charge in [-0.05, 0) is 51.3 Å². The zero-order chi connectivity index (χ0) is 20.5. The summed E-state index contributed by atoms with van der Waals surface area (Å²) in [5, 5.41) is 6.27. The lowest BCUT2D eigenvalue weighted by Crippen LogP contribution is -2.29. The zero-order valence-corrected chi connectivity index (χ0v) is 17.3. The molecule has 2 aromatic heterocycles. The van der Waals surface area contributed by atoms with Crippen LogP contribution in [0.5, 0.6) is 0 Å². The Balaban J connectivity index is 1.51. The molecule has 3 heterocycles. The Morgan fingerprint density at radius 3 is 2.69 bits per heavy atom. The lowest BCUT2D eigenvalue weighted by atomic mass is 10.1. The molecular weight excluding hydrogens is 390 g/mol. The van der Waals surface area contributed by atoms with E-state index in [2.05, 4.69) is 20.3 Å². The van der Waals surface area contributed by atoms with Crippen molar-refractivity contribution < 1.29 is 4.79 Å². The predicted molar refractivity (Wildman–Crippen MR) is 115 cm³/mol. The number of benzene rings is 1. The third kappa shape index (κ3) is 4.00. The number of aromatic amines is 1. The number of hydrogen-bond acceptors (Lipinski definition) is 4. The quantitative estimate of drug-likeness (QED) is 0.686. The second-order valence-corrected chi connectivity index (χ2v) is 7.92. The molecule has 2 N–H and O–H groups in total. The number of nitrogens with zero attached hydrogens (tertiary/aromatic N) is 3. The lowest BCUT2D eigenvalue weighted by molar-refractivity contribution is -0.115. The van der Waals surface area contributed by atoms with E-state index in [1.807, 2.05) is 26.0 Å².